The fraction of sp³-hybridized carbons (Fsp3) is 0.667. The van der Waals surface area contributed by atoms with Crippen molar-refractivity contribution in [2.75, 3.05) is 13.2 Å². The minimum absolute atomic E-state index is 0.251. The fourth-order valence-electron chi connectivity index (χ4n) is 3.49. The van der Waals surface area contributed by atoms with Crippen LogP contribution in [0, 0.1) is 10.1 Å². The first-order valence-corrected chi connectivity index (χ1v) is 9.68. The fourth-order valence-corrected chi connectivity index (χ4v) is 3.49. The number of rotatable bonds is 7. The van der Waals surface area contributed by atoms with Crippen LogP contribution in [0.4, 0.5) is 5.69 Å². The highest BCUT2D eigenvalue weighted by molar-refractivity contribution is 5.45. The van der Waals surface area contributed by atoms with E-state index < -0.39 is 85.2 Å². The van der Waals surface area contributed by atoms with Gasteiger partial charge in [0.05, 0.1) is 18.1 Å². The molecule has 10 atom stereocenters. The van der Waals surface area contributed by atoms with Gasteiger partial charge in [0.2, 0.25) is 6.29 Å². The van der Waals surface area contributed by atoms with E-state index in [0.29, 0.717) is 0 Å². The van der Waals surface area contributed by atoms with Crippen molar-refractivity contribution in [2.45, 2.75) is 61.4 Å². The topological polar surface area (TPSA) is 222 Å². The molecule has 2 aliphatic rings. The predicted octanol–water partition coefficient (Wildman–Crippen LogP) is -3.40. The number of benzene rings is 1. The minimum atomic E-state index is -1.81. The van der Waals surface area contributed by atoms with Gasteiger partial charge in [-0.05, 0) is 6.07 Å². The van der Waals surface area contributed by atoms with Crippen molar-refractivity contribution in [3.63, 3.8) is 0 Å². The molecule has 2 saturated heterocycles. The third-order valence-corrected chi connectivity index (χ3v) is 5.27. The number of aliphatic hydroxyl groups excluding tert-OH is 7. The van der Waals surface area contributed by atoms with Crippen LogP contribution < -0.4 is 4.74 Å². The first-order valence-electron chi connectivity index (χ1n) is 9.68. The molecule has 14 nitrogen and oxygen atoms in total. The van der Waals surface area contributed by atoms with Crippen LogP contribution in [0.15, 0.2) is 24.3 Å². The van der Waals surface area contributed by atoms with Gasteiger partial charge in [-0.25, -0.2) is 0 Å². The highest BCUT2D eigenvalue weighted by Crippen LogP contribution is 2.33. The number of aliphatic hydroxyl groups is 7. The number of hydrogen-bond acceptors (Lipinski definition) is 13. The maximum Gasteiger partial charge on any atom is 0.311 e. The lowest BCUT2D eigenvalue weighted by Crippen LogP contribution is -2.65. The second-order valence-electron chi connectivity index (χ2n) is 7.35. The number of hydrogen-bond donors (Lipinski definition) is 7. The molecule has 0 aromatic heterocycles. The number of para-hydroxylation sites is 2. The summed E-state index contributed by atoms with van der Waals surface area (Å²) in [5.41, 5.74) is -0.418. The van der Waals surface area contributed by atoms with Crippen molar-refractivity contribution in [3.05, 3.63) is 34.4 Å². The summed E-state index contributed by atoms with van der Waals surface area (Å²) in [4.78, 5) is 10.4. The second kappa shape index (κ2) is 10.3. The summed E-state index contributed by atoms with van der Waals surface area (Å²) in [6.45, 7) is -1.48. The van der Waals surface area contributed by atoms with Crippen molar-refractivity contribution in [2.24, 2.45) is 0 Å². The van der Waals surface area contributed by atoms with Crippen LogP contribution in [-0.2, 0) is 14.2 Å². The molecule has 2 heterocycles. The van der Waals surface area contributed by atoms with Crippen molar-refractivity contribution in [1.82, 2.24) is 0 Å². The first-order chi connectivity index (χ1) is 15.2. The Kier molecular flexibility index (Phi) is 7.94. The summed E-state index contributed by atoms with van der Waals surface area (Å²) in [5.74, 6) is -0.251. The third-order valence-electron chi connectivity index (χ3n) is 5.27. The molecule has 180 valence electrons. The SMILES string of the molecule is O=[N+]([O-])c1ccccc1O[C@@H]1O[C@H](CO)[C@@H](O[C@@H]2O[C@H](CO)[C@H](O)[C@H](O)[C@@H]2O)[C@H](O)[C@H]1O. The molecule has 1 aromatic rings. The molecule has 2 aliphatic heterocycles. The summed E-state index contributed by atoms with van der Waals surface area (Å²) >= 11 is 0. The molecule has 32 heavy (non-hydrogen) atoms. The van der Waals surface area contributed by atoms with Crippen molar-refractivity contribution in [1.29, 1.82) is 0 Å². The van der Waals surface area contributed by atoms with Gasteiger partial charge in [-0.1, -0.05) is 12.1 Å². The number of ether oxygens (including phenoxy) is 4. The van der Waals surface area contributed by atoms with Gasteiger partial charge in [-0.3, -0.25) is 10.1 Å². The lowest BCUT2D eigenvalue weighted by molar-refractivity contribution is -0.387. The number of nitro groups is 1. The molecular weight excluding hydrogens is 438 g/mol. The maximum atomic E-state index is 11.2. The van der Waals surface area contributed by atoms with Crippen LogP contribution in [0.1, 0.15) is 0 Å². The Bertz CT molecular complexity index is 777. The molecule has 0 saturated carbocycles. The predicted molar refractivity (Wildman–Crippen MR) is 100 cm³/mol. The quantitative estimate of drug-likeness (QED) is 0.155. The summed E-state index contributed by atoms with van der Waals surface area (Å²) in [5, 5.41) is 80.9. The largest absolute Gasteiger partial charge is 0.455 e. The summed E-state index contributed by atoms with van der Waals surface area (Å²) in [7, 11) is 0. The first kappa shape index (κ1) is 24.7. The standard InChI is InChI=1S/C18H25NO13/c20-5-9-11(22)12(23)14(25)18(30-9)32-16-10(6-21)31-17(15(26)13(16)24)29-8-4-2-1-3-7(8)19(27)28/h1-4,9-18,20-26H,5-6H2/t9-,10-,11+,12+,13-,14+,15-,16-,17-,18+/m1/s1. The summed E-state index contributed by atoms with van der Waals surface area (Å²) in [6.07, 6.45) is -16.2. The molecule has 0 bridgehead atoms. The molecule has 0 unspecified atom stereocenters. The van der Waals surface area contributed by atoms with Crippen molar-refractivity contribution in [3.8, 4) is 5.75 Å². The Morgan fingerprint density at radius 2 is 1.44 bits per heavy atom. The van der Waals surface area contributed by atoms with E-state index in [0.717, 1.165) is 6.07 Å². The molecule has 3 rings (SSSR count). The molecule has 0 spiro atoms. The van der Waals surface area contributed by atoms with E-state index in [1.54, 1.807) is 0 Å². The van der Waals surface area contributed by atoms with Crippen LogP contribution in [0.5, 0.6) is 5.75 Å². The zero-order valence-corrected chi connectivity index (χ0v) is 16.5. The molecule has 14 heteroatoms. The lowest BCUT2D eigenvalue weighted by atomic mass is 9.97. The van der Waals surface area contributed by atoms with Gasteiger partial charge in [-0.2, -0.15) is 0 Å². The van der Waals surface area contributed by atoms with Gasteiger partial charge < -0.3 is 54.7 Å². The number of nitrogens with zero attached hydrogens (tertiary/aromatic N) is 1. The minimum Gasteiger partial charge on any atom is -0.455 e. The Hall–Kier alpha value is -1.98. The summed E-state index contributed by atoms with van der Waals surface area (Å²) < 4.78 is 21.4. The molecule has 7 N–H and O–H groups in total. The Morgan fingerprint density at radius 1 is 0.844 bits per heavy atom. The number of nitro benzene ring substituents is 1. The van der Waals surface area contributed by atoms with E-state index in [9.17, 15) is 45.9 Å². The van der Waals surface area contributed by atoms with Gasteiger partial charge in [-0.15, -0.1) is 0 Å². The average Bonchev–Trinajstić information content (AvgIpc) is 2.78. The monoisotopic (exact) mass is 463 g/mol. The Morgan fingerprint density at radius 3 is 2.06 bits per heavy atom. The van der Waals surface area contributed by atoms with Crippen LogP contribution >= 0.6 is 0 Å². The van der Waals surface area contributed by atoms with Crippen LogP contribution in [-0.4, -0.2) is 115 Å². The van der Waals surface area contributed by atoms with Gasteiger partial charge in [0.1, 0.15) is 48.8 Å². The van der Waals surface area contributed by atoms with Crippen LogP contribution in [0.25, 0.3) is 0 Å². The van der Waals surface area contributed by atoms with E-state index in [2.05, 4.69) is 0 Å². The maximum absolute atomic E-state index is 11.2. The zero-order chi connectivity index (χ0) is 23.6. The van der Waals surface area contributed by atoms with E-state index >= 15 is 0 Å². The highest BCUT2D eigenvalue weighted by atomic mass is 16.7. The Balaban J connectivity index is 1.75. The normalized spacial score (nSPS) is 40.1. The average molecular weight is 463 g/mol. The lowest BCUT2D eigenvalue weighted by Gasteiger charge is -2.45. The van der Waals surface area contributed by atoms with Gasteiger partial charge in [0, 0.05) is 6.07 Å². The zero-order valence-electron chi connectivity index (χ0n) is 16.5. The van der Waals surface area contributed by atoms with E-state index in [1.165, 1.54) is 18.2 Å². The summed E-state index contributed by atoms with van der Waals surface area (Å²) in [6, 6.07) is 5.27. The van der Waals surface area contributed by atoms with Crippen LogP contribution in [0.2, 0.25) is 0 Å². The van der Waals surface area contributed by atoms with Gasteiger partial charge in [0.15, 0.2) is 12.0 Å². The third kappa shape index (κ3) is 4.84. The van der Waals surface area contributed by atoms with Crippen molar-refractivity contribution < 1.29 is 59.6 Å². The second-order valence-corrected chi connectivity index (χ2v) is 7.35. The van der Waals surface area contributed by atoms with Gasteiger partial charge in [0.25, 0.3) is 0 Å². The van der Waals surface area contributed by atoms with Crippen LogP contribution in [0.3, 0.4) is 0 Å². The smallest absolute Gasteiger partial charge is 0.311 e. The Labute approximate surface area is 180 Å². The van der Waals surface area contributed by atoms with E-state index in [-0.39, 0.29) is 5.75 Å². The van der Waals surface area contributed by atoms with Crippen molar-refractivity contribution >= 4 is 5.69 Å². The molecule has 1 aromatic carbocycles. The van der Waals surface area contributed by atoms with E-state index in [1.807, 2.05) is 0 Å². The molecule has 0 aliphatic carbocycles. The highest BCUT2D eigenvalue weighted by Gasteiger charge is 2.51. The molecule has 0 amide bonds. The molecule has 2 fully saturated rings. The van der Waals surface area contributed by atoms with E-state index in [4.69, 9.17) is 18.9 Å². The molecule has 0 radical (unpaired) electrons. The molecular formula is C18H25NO13. The van der Waals surface area contributed by atoms with Gasteiger partial charge >= 0.3 is 5.69 Å².